The van der Waals surface area contributed by atoms with Crippen molar-refractivity contribution in [2.24, 2.45) is 5.41 Å². The molecule has 2 saturated heterocycles. The van der Waals surface area contributed by atoms with Crippen molar-refractivity contribution in [3.8, 4) is 0 Å². The smallest absolute Gasteiger partial charge is 0.224 e. The van der Waals surface area contributed by atoms with E-state index in [0.29, 0.717) is 23.8 Å². The zero-order valence-electron chi connectivity index (χ0n) is 12.8. The number of carbonyl (C=O) groups is 1. The average Bonchev–Trinajstić information content (AvgIpc) is 2.40. The molecular weight excluding hydrogens is 292 g/mol. The van der Waals surface area contributed by atoms with Crippen LogP contribution in [0.15, 0.2) is 0 Å². The quantitative estimate of drug-likeness (QED) is 0.864. The molecule has 0 bridgehead atoms. The molecule has 5 heteroatoms. The first-order valence-electron chi connectivity index (χ1n) is 7.72. The number of amides is 1. The number of hydrogen-bond donors (Lipinski definition) is 1. The van der Waals surface area contributed by atoms with Gasteiger partial charge in [0, 0.05) is 43.6 Å². The van der Waals surface area contributed by atoms with Gasteiger partial charge >= 0.3 is 0 Å². The highest BCUT2D eigenvalue weighted by molar-refractivity contribution is 7.99. The van der Waals surface area contributed by atoms with Crippen molar-refractivity contribution < 1.29 is 4.79 Å². The fourth-order valence-electron chi connectivity index (χ4n) is 3.43. The summed E-state index contributed by atoms with van der Waals surface area (Å²) in [5.74, 6) is 2.64. The summed E-state index contributed by atoms with van der Waals surface area (Å²) < 4.78 is 0. The lowest BCUT2D eigenvalue weighted by Crippen LogP contribution is -2.48. The van der Waals surface area contributed by atoms with Crippen LogP contribution in [-0.2, 0) is 4.79 Å². The number of nitrogens with one attached hydrogen (secondary N) is 1. The van der Waals surface area contributed by atoms with Gasteiger partial charge in [0.1, 0.15) is 0 Å². The predicted molar refractivity (Wildman–Crippen MR) is 89.8 cm³/mol. The van der Waals surface area contributed by atoms with Crippen LogP contribution in [0.25, 0.3) is 0 Å². The molecule has 2 aliphatic heterocycles. The maximum atomic E-state index is 12.4. The summed E-state index contributed by atoms with van der Waals surface area (Å²) in [5.41, 5.74) is 0.359. The van der Waals surface area contributed by atoms with E-state index in [9.17, 15) is 4.79 Å². The van der Waals surface area contributed by atoms with Crippen molar-refractivity contribution in [2.45, 2.75) is 52.0 Å². The minimum atomic E-state index is 0. The van der Waals surface area contributed by atoms with Crippen molar-refractivity contribution in [3.05, 3.63) is 0 Å². The Morgan fingerprint density at radius 2 is 2.30 bits per heavy atom. The van der Waals surface area contributed by atoms with Crippen LogP contribution in [0.1, 0.15) is 46.0 Å². The lowest BCUT2D eigenvalue weighted by Gasteiger charge is -2.41. The zero-order chi connectivity index (χ0) is 13.7. The number of hydrogen-bond acceptors (Lipinski definition) is 3. The molecule has 0 saturated carbocycles. The fourth-order valence-corrected chi connectivity index (χ4v) is 4.38. The van der Waals surface area contributed by atoms with Crippen LogP contribution in [0, 0.1) is 5.41 Å². The maximum Gasteiger partial charge on any atom is 0.224 e. The first kappa shape index (κ1) is 18.1. The monoisotopic (exact) mass is 320 g/mol. The van der Waals surface area contributed by atoms with Crippen LogP contribution in [0.3, 0.4) is 0 Å². The molecule has 3 nitrogen and oxygen atoms in total. The molecule has 2 fully saturated rings. The van der Waals surface area contributed by atoms with Gasteiger partial charge in [0.05, 0.1) is 0 Å². The molecule has 1 amide bonds. The lowest BCUT2D eigenvalue weighted by molar-refractivity contribution is -0.135. The van der Waals surface area contributed by atoms with Crippen LogP contribution < -0.4 is 5.32 Å². The standard InChI is InChI=1S/C15H28N2OS.ClH/c1-3-5-15(2)6-4-8-17(12-15)14(18)10-13-11-19-9-7-16-13;/h13,16H,3-12H2,1-2H3;1H. The molecule has 2 aliphatic rings. The van der Waals surface area contributed by atoms with Crippen LogP contribution in [0.2, 0.25) is 0 Å². The summed E-state index contributed by atoms with van der Waals surface area (Å²) in [5, 5.41) is 3.47. The largest absolute Gasteiger partial charge is 0.342 e. The molecule has 20 heavy (non-hydrogen) atoms. The van der Waals surface area contributed by atoms with E-state index >= 15 is 0 Å². The van der Waals surface area contributed by atoms with Gasteiger partial charge in [-0.15, -0.1) is 12.4 Å². The molecule has 0 aromatic carbocycles. The third kappa shape index (κ3) is 5.12. The van der Waals surface area contributed by atoms with Gasteiger partial charge in [-0.25, -0.2) is 0 Å². The third-order valence-corrected chi connectivity index (χ3v) is 5.54. The molecule has 2 heterocycles. The van der Waals surface area contributed by atoms with Crippen molar-refractivity contribution in [2.75, 3.05) is 31.1 Å². The van der Waals surface area contributed by atoms with E-state index in [1.165, 1.54) is 31.4 Å². The van der Waals surface area contributed by atoms with Gasteiger partial charge in [0.2, 0.25) is 5.91 Å². The summed E-state index contributed by atoms with van der Waals surface area (Å²) in [6.45, 7) is 7.59. The number of piperidine rings is 1. The van der Waals surface area contributed by atoms with Crippen LogP contribution >= 0.6 is 24.2 Å². The van der Waals surface area contributed by atoms with Gasteiger partial charge in [-0.3, -0.25) is 4.79 Å². The Hall–Kier alpha value is 0.0700. The lowest BCUT2D eigenvalue weighted by atomic mass is 9.78. The van der Waals surface area contributed by atoms with Gasteiger partial charge in [-0.1, -0.05) is 20.3 Å². The molecule has 2 atom stereocenters. The first-order valence-corrected chi connectivity index (χ1v) is 8.87. The Morgan fingerprint density at radius 3 is 2.95 bits per heavy atom. The maximum absolute atomic E-state index is 12.4. The first-order chi connectivity index (χ1) is 9.13. The molecule has 1 N–H and O–H groups in total. The van der Waals surface area contributed by atoms with E-state index in [2.05, 4.69) is 24.1 Å². The molecule has 2 unspecified atom stereocenters. The Balaban J connectivity index is 0.00000200. The minimum Gasteiger partial charge on any atom is -0.342 e. The fraction of sp³-hybridized carbons (Fsp3) is 0.933. The average molecular weight is 321 g/mol. The summed E-state index contributed by atoms with van der Waals surface area (Å²) >= 11 is 1.97. The number of likely N-dealkylation sites (tertiary alicyclic amines) is 1. The molecule has 118 valence electrons. The zero-order valence-corrected chi connectivity index (χ0v) is 14.5. The van der Waals surface area contributed by atoms with Crippen LogP contribution in [-0.4, -0.2) is 48.0 Å². The Bertz CT molecular complexity index is 306. The predicted octanol–water partition coefficient (Wildman–Crippen LogP) is 2.93. The van der Waals surface area contributed by atoms with Gasteiger partial charge in [-0.2, -0.15) is 11.8 Å². The Morgan fingerprint density at radius 1 is 1.50 bits per heavy atom. The molecule has 0 spiro atoms. The number of rotatable bonds is 4. The van der Waals surface area contributed by atoms with E-state index in [-0.39, 0.29) is 12.4 Å². The van der Waals surface area contributed by atoms with E-state index in [1.54, 1.807) is 0 Å². The summed E-state index contributed by atoms with van der Waals surface area (Å²) in [6.07, 6.45) is 5.61. The topological polar surface area (TPSA) is 32.3 Å². The SMILES string of the molecule is CCCC1(C)CCCN(C(=O)CC2CSCCN2)C1.Cl. The van der Waals surface area contributed by atoms with Crippen molar-refractivity contribution in [1.29, 1.82) is 0 Å². The minimum absolute atomic E-state index is 0. The number of carbonyl (C=O) groups excluding carboxylic acids is 1. The molecule has 0 radical (unpaired) electrons. The highest BCUT2D eigenvalue weighted by Crippen LogP contribution is 2.34. The Labute approximate surface area is 134 Å². The summed E-state index contributed by atoms with van der Waals surface area (Å²) in [6, 6.07) is 0.394. The molecule has 0 aromatic rings. The van der Waals surface area contributed by atoms with Crippen molar-refractivity contribution in [1.82, 2.24) is 10.2 Å². The highest BCUT2D eigenvalue weighted by atomic mass is 35.5. The Kier molecular flexibility index (Phi) is 7.70. The molecule has 0 aliphatic carbocycles. The van der Waals surface area contributed by atoms with E-state index in [4.69, 9.17) is 0 Å². The third-order valence-electron chi connectivity index (χ3n) is 4.41. The second-order valence-electron chi connectivity index (χ2n) is 6.41. The second-order valence-corrected chi connectivity index (χ2v) is 7.56. The highest BCUT2D eigenvalue weighted by Gasteiger charge is 2.32. The number of thioether (sulfide) groups is 1. The van der Waals surface area contributed by atoms with Crippen molar-refractivity contribution >= 4 is 30.1 Å². The molecular formula is C15H29ClN2OS. The number of halogens is 1. The second kappa shape index (κ2) is 8.50. The molecule has 2 rings (SSSR count). The van der Waals surface area contributed by atoms with E-state index in [0.717, 1.165) is 25.4 Å². The van der Waals surface area contributed by atoms with Gasteiger partial charge in [-0.05, 0) is 24.7 Å². The van der Waals surface area contributed by atoms with E-state index < -0.39 is 0 Å². The van der Waals surface area contributed by atoms with Gasteiger partial charge < -0.3 is 10.2 Å². The normalized spacial score (nSPS) is 30.7. The number of nitrogens with zero attached hydrogens (tertiary/aromatic N) is 1. The van der Waals surface area contributed by atoms with Crippen LogP contribution in [0.5, 0.6) is 0 Å². The molecule has 0 aromatic heterocycles. The van der Waals surface area contributed by atoms with Gasteiger partial charge in [0.25, 0.3) is 0 Å². The van der Waals surface area contributed by atoms with E-state index in [1.807, 2.05) is 11.8 Å². The summed E-state index contributed by atoms with van der Waals surface area (Å²) in [7, 11) is 0. The van der Waals surface area contributed by atoms with Crippen LogP contribution in [0.4, 0.5) is 0 Å². The summed E-state index contributed by atoms with van der Waals surface area (Å²) in [4.78, 5) is 14.6. The van der Waals surface area contributed by atoms with Crippen molar-refractivity contribution in [3.63, 3.8) is 0 Å². The van der Waals surface area contributed by atoms with Gasteiger partial charge in [0.15, 0.2) is 0 Å².